The van der Waals surface area contributed by atoms with Crippen LogP contribution in [-0.4, -0.2) is 52.3 Å². The Morgan fingerprint density at radius 3 is 2.95 bits per heavy atom. The summed E-state index contributed by atoms with van der Waals surface area (Å²) in [5.41, 5.74) is 1.03. The molecule has 3 aliphatic rings. The van der Waals surface area contributed by atoms with Gasteiger partial charge in [0.05, 0.1) is 17.8 Å². The van der Waals surface area contributed by atoms with Gasteiger partial charge in [0.2, 0.25) is 0 Å². The Morgan fingerprint density at radius 2 is 2.21 bits per heavy atom. The highest BCUT2D eigenvalue weighted by molar-refractivity contribution is 7.89. The Morgan fingerprint density at radius 1 is 1.47 bits per heavy atom. The van der Waals surface area contributed by atoms with E-state index in [2.05, 4.69) is 10.6 Å². The predicted octanol–water partition coefficient (Wildman–Crippen LogP) is 0.285. The molecule has 3 rings (SSSR count). The Kier molecular flexibility index (Phi) is 3.93. The number of allylic oxidation sites excluding steroid dienone is 1. The van der Waals surface area contributed by atoms with Gasteiger partial charge in [-0.1, -0.05) is 0 Å². The molecule has 5 nitrogen and oxygen atoms in total. The second kappa shape index (κ2) is 5.52. The van der Waals surface area contributed by atoms with Crippen molar-refractivity contribution in [2.75, 3.05) is 26.0 Å². The highest BCUT2D eigenvalue weighted by Crippen LogP contribution is 2.27. The summed E-state index contributed by atoms with van der Waals surface area (Å²) in [5, 5.41) is 7.34. The Hall–Kier alpha value is -0.430. The first kappa shape index (κ1) is 13.5. The normalized spacial score (nSPS) is 32.5. The van der Waals surface area contributed by atoms with Crippen molar-refractivity contribution < 1.29 is 13.5 Å². The minimum atomic E-state index is -0.900. The van der Waals surface area contributed by atoms with E-state index in [9.17, 15) is 4.21 Å². The molecule has 0 aromatic rings. The fourth-order valence-electron chi connectivity index (χ4n) is 2.76. The molecule has 2 unspecified atom stereocenters. The van der Waals surface area contributed by atoms with Gasteiger partial charge in [-0.2, -0.15) is 0 Å². The van der Waals surface area contributed by atoms with Crippen molar-refractivity contribution in [1.82, 2.24) is 10.6 Å². The lowest BCUT2D eigenvalue weighted by atomic mass is 10.1. The van der Waals surface area contributed by atoms with Crippen molar-refractivity contribution in [1.29, 1.82) is 0 Å². The Bertz CT molecular complexity index is 472. The minimum absolute atomic E-state index is 0.0600. The molecule has 0 amide bonds. The van der Waals surface area contributed by atoms with Gasteiger partial charge in [-0.15, -0.1) is 0 Å². The van der Waals surface area contributed by atoms with E-state index in [0.717, 1.165) is 43.1 Å². The van der Waals surface area contributed by atoms with Crippen molar-refractivity contribution >= 4 is 27.7 Å². The smallest absolute Gasteiger partial charge is 0.349 e. The SMILES string of the molecule is C[N+]1=C(Cl)NC2=C(C1NC1CCOCC1)S(=O)CC2. The van der Waals surface area contributed by atoms with Gasteiger partial charge in [0.15, 0.2) is 6.17 Å². The van der Waals surface area contributed by atoms with Crippen molar-refractivity contribution in [3.05, 3.63) is 10.6 Å². The molecule has 0 aromatic carbocycles. The maximum atomic E-state index is 12.2. The molecule has 106 valence electrons. The zero-order valence-electron chi connectivity index (χ0n) is 10.9. The fourth-order valence-corrected chi connectivity index (χ4v) is 4.48. The lowest BCUT2D eigenvalue weighted by molar-refractivity contribution is -0.535. The Labute approximate surface area is 120 Å². The van der Waals surface area contributed by atoms with E-state index in [1.54, 1.807) is 0 Å². The first-order valence-electron chi connectivity index (χ1n) is 6.64. The third-order valence-electron chi connectivity index (χ3n) is 3.89. The van der Waals surface area contributed by atoms with Crippen LogP contribution in [0.25, 0.3) is 0 Å². The second-order valence-corrected chi connectivity index (χ2v) is 7.02. The molecule has 0 radical (unpaired) electrons. The molecule has 3 aliphatic heterocycles. The van der Waals surface area contributed by atoms with E-state index in [4.69, 9.17) is 16.3 Å². The van der Waals surface area contributed by atoms with Crippen molar-refractivity contribution in [3.63, 3.8) is 0 Å². The van der Waals surface area contributed by atoms with E-state index < -0.39 is 10.8 Å². The van der Waals surface area contributed by atoms with Gasteiger partial charge in [-0.05, 0) is 12.8 Å². The van der Waals surface area contributed by atoms with Crippen LogP contribution in [0.4, 0.5) is 0 Å². The summed E-state index contributed by atoms with van der Waals surface area (Å²) in [6.45, 7) is 1.58. The molecule has 0 bridgehead atoms. The molecule has 0 aromatic heterocycles. The number of ether oxygens (including phenoxy) is 1. The fraction of sp³-hybridized carbons (Fsp3) is 0.750. The summed E-state index contributed by atoms with van der Waals surface area (Å²) < 4.78 is 19.5. The topological polar surface area (TPSA) is 53.4 Å². The van der Waals surface area contributed by atoms with Crippen LogP contribution in [-0.2, 0) is 15.5 Å². The lowest BCUT2D eigenvalue weighted by Gasteiger charge is -2.30. The zero-order chi connectivity index (χ0) is 13.4. The molecule has 2 N–H and O–H groups in total. The summed E-state index contributed by atoms with van der Waals surface area (Å²) in [7, 11) is 1.02. The molecule has 0 aliphatic carbocycles. The summed E-state index contributed by atoms with van der Waals surface area (Å²) >= 11 is 6.23. The number of likely N-dealkylation sites (N-methyl/N-ethyl adjacent to an activating group) is 1. The third-order valence-corrected chi connectivity index (χ3v) is 5.79. The Balaban J connectivity index is 1.82. The molecule has 1 saturated heterocycles. The first-order chi connectivity index (χ1) is 9.16. The van der Waals surface area contributed by atoms with E-state index in [1.165, 1.54) is 0 Å². The van der Waals surface area contributed by atoms with Crippen LogP contribution in [0.1, 0.15) is 19.3 Å². The predicted molar refractivity (Wildman–Crippen MR) is 75.6 cm³/mol. The summed E-state index contributed by atoms with van der Waals surface area (Å²) in [5.74, 6) is 0.696. The largest absolute Gasteiger partial charge is 0.381 e. The molecule has 0 saturated carbocycles. The van der Waals surface area contributed by atoms with Gasteiger partial charge in [0, 0.05) is 43.0 Å². The van der Waals surface area contributed by atoms with E-state index >= 15 is 0 Å². The van der Waals surface area contributed by atoms with Gasteiger partial charge < -0.3 is 4.74 Å². The molecule has 0 spiro atoms. The van der Waals surface area contributed by atoms with Crippen LogP contribution in [0.5, 0.6) is 0 Å². The summed E-state index contributed by atoms with van der Waals surface area (Å²) in [4.78, 5) is 0.971. The summed E-state index contributed by atoms with van der Waals surface area (Å²) in [6, 6.07) is 0.398. The standard InChI is InChI=1S/C12H18ClN3O2S/c1-16-11(14-8-2-5-18-6-3-8)10-9(15-12(16)13)4-7-19(10)17/h8,11,14H,2-7H2,1H3/p+1. The summed E-state index contributed by atoms with van der Waals surface area (Å²) in [6.07, 6.45) is 2.74. The number of rotatable bonds is 2. The number of halogens is 1. The van der Waals surface area contributed by atoms with Crippen molar-refractivity contribution in [2.24, 2.45) is 0 Å². The number of nitrogens with zero attached hydrogens (tertiary/aromatic N) is 1. The quantitative estimate of drug-likeness (QED) is 0.569. The van der Waals surface area contributed by atoms with Gasteiger partial charge in [-0.25, -0.2) is 9.89 Å². The van der Waals surface area contributed by atoms with Crippen LogP contribution >= 0.6 is 11.6 Å². The van der Waals surface area contributed by atoms with Gasteiger partial charge >= 0.3 is 5.29 Å². The van der Waals surface area contributed by atoms with Crippen LogP contribution in [0.15, 0.2) is 10.6 Å². The first-order valence-corrected chi connectivity index (χ1v) is 8.34. The molecule has 2 atom stereocenters. The molecular formula is C12H19ClN3O2S+. The number of amidine groups is 1. The molecule has 7 heteroatoms. The van der Waals surface area contributed by atoms with E-state index in [1.807, 2.05) is 11.6 Å². The molecule has 19 heavy (non-hydrogen) atoms. The van der Waals surface area contributed by atoms with E-state index in [0.29, 0.717) is 17.1 Å². The van der Waals surface area contributed by atoms with Crippen LogP contribution < -0.4 is 10.6 Å². The lowest BCUT2D eigenvalue weighted by Crippen LogP contribution is -2.53. The van der Waals surface area contributed by atoms with Gasteiger partial charge in [-0.3, -0.25) is 9.53 Å². The average Bonchev–Trinajstić information content (AvgIpc) is 2.77. The third kappa shape index (κ3) is 2.59. The molecule has 1 fully saturated rings. The van der Waals surface area contributed by atoms with Crippen LogP contribution in [0, 0.1) is 0 Å². The van der Waals surface area contributed by atoms with Crippen molar-refractivity contribution in [3.8, 4) is 0 Å². The van der Waals surface area contributed by atoms with Crippen molar-refractivity contribution in [2.45, 2.75) is 31.5 Å². The average molecular weight is 305 g/mol. The van der Waals surface area contributed by atoms with Gasteiger partial charge in [0.1, 0.15) is 10.6 Å². The maximum Gasteiger partial charge on any atom is 0.349 e. The monoisotopic (exact) mass is 304 g/mol. The second-order valence-electron chi connectivity index (χ2n) is 5.13. The number of nitrogens with one attached hydrogen (secondary N) is 2. The molecular weight excluding hydrogens is 286 g/mol. The van der Waals surface area contributed by atoms with Gasteiger partial charge in [0.25, 0.3) is 0 Å². The zero-order valence-corrected chi connectivity index (χ0v) is 12.5. The van der Waals surface area contributed by atoms with E-state index in [-0.39, 0.29) is 6.17 Å². The van der Waals surface area contributed by atoms with Crippen LogP contribution in [0.2, 0.25) is 0 Å². The highest BCUT2D eigenvalue weighted by atomic mass is 35.5. The maximum absolute atomic E-state index is 12.2. The number of hydrogen-bond donors (Lipinski definition) is 2. The van der Waals surface area contributed by atoms with Crippen LogP contribution in [0.3, 0.4) is 0 Å². The highest BCUT2D eigenvalue weighted by Gasteiger charge is 2.40. The molecule has 3 heterocycles. The number of hydrogen-bond acceptors (Lipinski definition) is 4. The minimum Gasteiger partial charge on any atom is -0.381 e.